The molecule has 0 aromatic carbocycles. The van der Waals surface area contributed by atoms with Crippen LogP contribution in [0.1, 0.15) is 54.4 Å². The van der Waals surface area contributed by atoms with Gasteiger partial charge in [0, 0.05) is 13.0 Å². The Kier molecular flexibility index (Phi) is 7.99. The molecule has 1 unspecified atom stereocenters. The molecule has 6 nitrogen and oxygen atoms in total. The van der Waals surface area contributed by atoms with Gasteiger partial charge in [-0.1, -0.05) is 0 Å². The summed E-state index contributed by atoms with van der Waals surface area (Å²) in [6.07, 6.45) is 0.263. The minimum atomic E-state index is -0.744. The van der Waals surface area contributed by atoms with Gasteiger partial charge in [0.1, 0.15) is 17.4 Å². The van der Waals surface area contributed by atoms with Crippen molar-refractivity contribution < 1.29 is 23.9 Å². The fraction of sp³-hybridized carbons (Fsp3) is 0.800. The van der Waals surface area contributed by atoms with Crippen LogP contribution in [0.5, 0.6) is 0 Å². The second kappa shape index (κ2) is 8.64. The van der Waals surface area contributed by atoms with Crippen LogP contribution in [0, 0.1) is 0 Å². The summed E-state index contributed by atoms with van der Waals surface area (Å²) in [6, 6.07) is -0.744. The van der Waals surface area contributed by atoms with Crippen LogP contribution in [-0.4, -0.2) is 47.5 Å². The van der Waals surface area contributed by atoms with Crippen molar-refractivity contribution in [2.45, 2.75) is 66.0 Å². The number of Topliss-reactive ketones (excluding diaryl/α,β-unsaturated/α-hetero) is 1. The Morgan fingerprint density at radius 3 is 2.19 bits per heavy atom. The number of amides is 1. The molecule has 0 aliphatic carbocycles. The predicted octanol–water partition coefficient (Wildman–Crippen LogP) is 2.54. The first kappa shape index (κ1) is 19.4. The first-order valence-corrected chi connectivity index (χ1v) is 7.24. The number of esters is 1. The molecule has 0 aliphatic rings. The third kappa shape index (κ3) is 8.32. The van der Waals surface area contributed by atoms with Gasteiger partial charge in [-0.25, -0.2) is 9.59 Å². The van der Waals surface area contributed by atoms with Crippen LogP contribution in [0.25, 0.3) is 0 Å². The third-order valence-electron chi connectivity index (χ3n) is 2.65. The number of ether oxygens (including phenoxy) is 2. The van der Waals surface area contributed by atoms with Crippen molar-refractivity contribution in [3.8, 4) is 0 Å². The molecule has 0 N–H and O–H groups in total. The van der Waals surface area contributed by atoms with Crippen LogP contribution >= 0.6 is 0 Å². The van der Waals surface area contributed by atoms with Gasteiger partial charge < -0.3 is 14.3 Å². The minimum Gasteiger partial charge on any atom is -0.464 e. The van der Waals surface area contributed by atoms with Crippen LogP contribution in [0.15, 0.2) is 0 Å². The van der Waals surface area contributed by atoms with Crippen LogP contribution in [0.3, 0.4) is 0 Å². The van der Waals surface area contributed by atoms with E-state index >= 15 is 0 Å². The molecule has 1 atom stereocenters. The molecular weight excluding hydrogens is 274 g/mol. The zero-order valence-corrected chi connectivity index (χ0v) is 13.9. The van der Waals surface area contributed by atoms with Crippen LogP contribution in [0.4, 0.5) is 4.79 Å². The summed E-state index contributed by atoms with van der Waals surface area (Å²) in [5, 5.41) is 0. The normalized spacial score (nSPS) is 12.5. The minimum absolute atomic E-state index is 0.0444. The van der Waals surface area contributed by atoms with Gasteiger partial charge in [0.05, 0.1) is 6.61 Å². The van der Waals surface area contributed by atoms with Crippen molar-refractivity contribution >= 4 is 17.8 Å². The first-order chi connectivity index (χ1) is 9.58. The topological polar surface area (TPSA) is 72.9 Å². The van der Waals surface area contributed by atoms with E-state index in [4.69, 9.17) is 9.47 Å². The lowest BCUT2D eigenvalue weighted by Crippen LogP contribution is -2.46. The summed E-state index contributed by atoms with van der Waals surface area (Å²) >= 11 is 0. The Balaban J connectivity index is 4.86. The lowest BCUT2D eigenvalue weighted by atomic mass is 10.2. The molecule has 6 heteroatoms. The lowest BCUT2D eigenvalue weighted by Gasteiger charge is -2.30. The largest absolute Gasteiger partial charge is 0.464 e. The summed E-state index contributed by atoms with van der Waals surface area (Å²) in [5.41, 5.74) is -0.649. The predicted molar refractivity (Wildman–Crippen MR) is 79.0 cm³/mol. The monoisotopic (exact) mass is 301 g/mol. The number of carbonyl (C=O) groups is 3. The number of ketones is 1. The molecule has 0 saturated carbocycles. The molecular formula is C15H27NO5. The molecule has 0 heterocycles. The fourth-order valence-corrected chi connectivity index (χ4v) is 1.65. The van der Waals surface area contributed by atoms with Gasteiger partial charge in [0.25, 0.3) is 0 Å². The third-order valence-corrected chi connectivity index (χ3v) is 2.65. The van der Waals surface area contributed by atoms with Crippen LogP contribution < -0.4 is 0 Å². The molecule has 0 fully saturated rings. The Bertz CT molecular complexity index is 373. The average molecular weight is 301 g/mol. The van der Waals surface area contributed by atoms with Gasteiger partial charge in [0.2, 0.25) is 0 Å². The Hall–Kier alpha value is -1.59. The second-order valence-electron chi connectivity index (χ2n) is 5.91. The summed E-state index contributed by atoms with van der Waals surface area (Å²) in [5.74, 6) is -0.436. The summed E-state index contributed by atoms with van der Waals surface area (Å²) in [6.45, 7) is 10.6. The van der Waals surface area contributed by atoms with E-state index in [2.05, 4.69) is 0 Å². The van der Waals surface area contributed by atoms with Crippen molar-refractivity contribution in [3.05, 3.63) is 0 Å². The number of nitrogens with zero attached hydrogens (tertiary/aromatic N) is 1. The van der Waals surface area contributed by atoms with Gasteiger partial charge in [-0.15, -0.1) is 0 Å². The zero-order valence-electron chi connectivity index (χ0n) is 13.9. The first-order valence-electron chi connectivity index (χ1n) is 7.24. The van der Waals surface area contributed by atoms with Gasteiger partial charge in [-0.3, -0.25) is 4.90 Å². The van der Waals surface area contributed by atoms with Gasteiger partial charge in [0.15, 0.2) is 0 Å². The van der Waals surface area contributed by atoms with E-state index in [1.165, 1.54) is 11.8 Å². The van der Waals surface area contributed by atoms with Crippen molar-refractivity contribution in [1.82, 2.24) is 4.90 Å². The van der Waals surface area contributed by atoms with Crippen LogP contribution in [0.2, 0.25) is 0 Å². The number of carbonyl (C=O) groups excluding carboxylic acids is 3. The number of hydrogen-bond acceptors (Lipinski definition) is 5. The Labute approximate surface area is 126 Å². The highest BCUT2D eigenvalue weighted by Gasteiger charge is 2.30. The Morgan fingerprint density at radius 2 is 1.76 bits per heavy atom. The van der Waals surface area contributed by atoms with Crippen molar-refractivity contribution in [2.24, 2.45) is 0 Å². The number of rotatable bonds is 7. The maximum atomic E-state index is 12.2. The average Bonchev–Trinajstić information content (AvgIpc) is 2.31. The smallest absolute Gasteiger partial charge is 0.411 e. The van der Waals surface area contributed by atoms with E-state index in [1.54, 1.807) is 34.6 Å². The molecule has 0 radical (unpaired) electrons. The van der Waals surface area contributed by atoms with E-state index in [1.807, 2.05) is 0 Å². The number of hydrogen-bond donors (Lipinski definition) is 0. The highest BCUT2D eigenvalue weighted by atomic mass is 16.6. The molecule has 0 aliphatic heterocycles. The summed E-state index contributed by atoms with van der Waals surface area (Å²) < 4.78 is 10.2. The molecule has 21 heavy (non-hydrogen) atoms. The molecule has 0 saturated heterocycles. The lowest BCUT2D eigenvalue weighted by molar-refractivity contribution is -0.148. The highest BCUT2D eigenvalue weighted by molar-refractivity contribution is 5.81. The van der Waals surface area contributed by atoms with E-state index in [0.29, 0.717) is 12.8 Å². The van der Waals surface area contributed by atoms with Crippen molar-refractivity contribution in [1.29, 1.82) is 0 Å². The SMILES string of the molecule is CCOC(=O)C(C)N(CCCC(C)=O)C(=O)OC(C)(C)C. The maximum Gasteiger partial charge on any atom is 0.411 e. The quantitative estimate of drug-likeness (QED) is 0.676. The van der Waals surface area contributed by atoms with E-state index in [9.17, 15) is 14.4 Å². The maximum absolute atomic E-state index is 12.2. The van der Waals surface area contributed by atoms with Crippen LogP contribution in [-0.2, 0) is 19.1 Å². The molecule has 0 bridgehead atoms. The standard InChI is InChI=1S/C15H27NO5/c1-7-20-13(18)12(3)16(10-8-9-11(2)17)14(19)21-15(4,5)6/h12H,7-10H2,1-6H3. The van der Waals surface area contributed by atoms with Gasteiger partial charge >= 0.3 is 12.1 Å². The van der Waals surface area contributed by atoms with E-state index in [-0.39, 0.29) is 18.9 Å². The molecule has 0 aromatic rings. The molecule has 1 amide bonds. The van der Waals surface area contributed by atoms with E-state index in [0.717, 1.165) is 0 Å². The molecule has 0 rings (SSSR count). The fourth-order valence-electron chi connectivity index (χ4n) is 1.65. The van der Waals surface area contributed by atoms with Gasteiger partial charge in [-0.2, -0.15) is 0 Å². The highest BCUT2D eigenvalue weighted by Crippen LogP contribution is 2.14. The van der Waals surface area contributed by atoms with Crippen molar-refractivity contribution in [2.75, 3.05) is 13.2 Å². The molecule has 0 aromatic heterocycles. The summed E-state index contributed by atoms with van der Waals surface area (Å²) in [7, 11) is 0. The van der Waals surface area contributed by atoms with Crippen molar-refractivity contribution in [3.63, 3.8) is 0 Å². The molecule has 122 valence electrons. The molecule has 0 spiro atoms. The Morgan fingerprint density at radius 1 is 1.19 bits per heavy atom. The second-order valence-corrected chi connectivity index (χ2v) is 5.91. The zero-order chi connectivity index (χ0) is 16.6. The van der Waals surface area contributed by atoms with Gasteiger partial charge in [-0.05, 0) is 48.0 Å². The van der Waals surface area contributed by atoms with E-state index < -0.39 is 23.7 Å². The summed E-state index contributed by atoms with van der Waals surface area (Å²) in [4.78, 5) is 36.3.